The molecule has 1 aliphatic heterocycles. The minimum absolute atomic E-state index is 0.0160. The summed E-state index contributed by atoms with van der Waals surface area (Å²) >= 11 is 0. The Morgan fingerprint density at radius 2 is 1.97 bits per heavy atom. The van der Waals surface area contributed by atoms with Crippen molar-refractivity contribution in [3.05, 3.63) is 59.2 Å². The monoisotopic (exact) mass is 427 g/mol. The molecule has 0 bridgehead atoms. The van der Waals surface area contributed by atoms with Crippen LogP contribution in [0.25, 0.3) is 43.6 Å². The number of H-pyrrole nitrogens is 1. The molecule has 0 fully saturated rings. The van der Waals surface area contributed by atoms with Crippen LogP contribution in [0.4, 0.5) is 0 Å². The third-order valence-corrected chi connectivity index (χ3v) is 6.48. The normalized spacial score (nSPS) is 13.8. The van der Waals surface area contributed by atoms with Gasteiger partial charge < -0.3 is 24.7 Å². The lowest BCUT2D eigenvalue weighted by Crippen LogP contribution is -2.12. The van der Waals surface area contributed by atoms with E-state index in [2.05, 4.69) is 45.2 Å². The fourth-order valence-corrected chi connectivity index (χ4v) is 5.19. The quantitative estimate of drug-likeness (QED) is 0.384. The Labute approximate surface area is 184 Å². The smallest absolute Gasteiger partial charge is 0.252 e. The van der Waals surface area contributed by atoms with Gasteiger partial charge >= 0.3 is 0 Å². The maximum atomic E-state index is 13.1. The summed E-state index contributed by atoms with van der Waals surface area (Å²) in [5, 5.41) is 17.1. The molecule has 3 heterocycles. The average molecular weight is 428 g/mol. The van der Waals surface area contributed by atoms with E-state index in [1.165, 1.54) is 0 Å². The second-order valence-electron chi connectivity index (χ2n) is 8.77. The molecule has 2 aromatic heterocycles. The Morgan fingerprint density at radius 3 is 2.78 bits per heavy atom. The van der Waals surface area contributed by atoms with Gasteiger partial charge in [-0.1, -0.05) is 24.3 Å². The Bertz CT molecular complexity index is 1540. The van der Waals surface area contributed by atoms with E-state index >= 15 is 0 Å². The van der Waals surface area contributed by atoms with Crippen molar-refractivity contribution < 1.29 is 14.6 Å². The van der Waals surface area contributed by atoms with E-state index in [1.54, 1.807) is 0 Å². The van der Waals surface area contributed by atoms with Crippen molar-refractivity contribution >= 4 is 49.5 Å². The number of aliphatic hydroxyl groups excluding tert-OH is 1. The molecule has 0 atom stereocenters. The fourth-order valence-electron chi connectivity index (χ4n) is 5.19. The molecule has 6 nitrogen and oxygen atoms in total. The number of amides is 1. The summed E-state index contributed by atoms with van der Waals surface area (Å²) < 4.78 is 7.98. The van der Waals surface area contributed by atoms with Crippen molar-refractivity contribution in [3.8, 4) is 0 Å². The van der Waals surface area contributed by atoms with Crippen LogP contribution in [0.2, 0.25) is 0 Å². The van der Waals surface area contributed by atoms with Crippen LogP contribution in [0.1, 0.15) is 35.3 Å². The first-order chi connectivity index (χ1) is 15.6. The molecule has 6 rings (SSSR count). The van der Waals surface area contributed by atoms with Crippen LogP contribution >= 0.6 is 0 Å². The number of aliphatic hydroxyl groups is 1. The number of nitrogens with one attached hydrogen (secondary N) is 2. The summed E-state index contributed by atoms with van der Waals surface area (Å²) in [4.78, 5) is 16.7. The maximum absolute atomic E-state index is 13.1. The highest BCUT2D eigenvalue weighted by molar-refractivity contribution is 6.30. The molecule has 32 heavy (non-hydrogen) atoms. The predicted octanol–water partition coefficient (Wildman–Crippen LogP) is 4.59. The van der Waals surface area contributed by atoms with Crippen molar-refractivity contribution in [2.24, 2.45) is 0 Å². The topological polar surface area (TPSA) is 79.3 Å². The van der Waals surface area contributed by atoms with Crippen LogP contribution < -0.4 is 5.32 Å². The van der Waals surface area contributed by atoms with E-state index in [-0.39, 0.29) is 18.6 Å². The number of hydrogen-bond donors (Lipinski definition) is 3. The van der Waals surface area contributed by atoms with Gasteiger partial charge in [-0.25, -0.2) is 0 Å². The van der Waals surface area contributed by atoms with Crippen molar-refractivity contribution in [3.63, 3.8) is 0 Å². The van der Waals surface area contributed by atoms with E-state index in [0.717, 1.165) is 60.3 Å². The number of aromatic amines is 1. The van der Waals surface area contributed by atoms with E-state index in [9.17, 15) is 9.90 Å². The van der Waals surface area contributed by atoms with E-state index < -0.39 is 0 Å². The molecule has 1 aliphatic rings. The molecule has 162 valence electrons. The maximum Gasteiger partial charge on any atom is 0.252 e. The highest BCUT2D eigenvalue weighted by Gasteiger charge is 2.30. The minimum atomic E-state index is -0.0379. The van der Waals surface area contributed by atoms with Crippen LogP contribution in [0.3, 0.4) is 0 Å². The minimum Gasteiger partial charge on any atom is -0.395 e. The number of nitrogens with zero attached hydrogens (tertiary/aromatic N) is 1. The van der Waals surface area contributed by atoms with Gasteiger partial charge in [0.2, 0.25) is 0 Å². The van der Waals surface area contributed by atoms with Gasteiger partial charge in [-0.3, -0.25) is 4.79 Å². The van der Waals surface area contributed by atoms with Gasteiger partial charge in [0.05, 0.1) is 35.9 Å². The lowest BCUT2D eigenvalue weighted by Gasteiger charge is -2.09. The SMILES string of the molecule is CC(C)OCc1ccc2c(c1)c1c3c(c4c5ccccc5[nH]c4c1n2CCO)CNC3=O. The van der Waals surface area contributed by atoms with Crippen LogP contribution in [0, 0.1) is 0 Å². The molecule has 0 saturated carbocycles. The number of rotatable bonds is 5. The third-order valence-electron chi connectivity index (χ3n) is 6.48. The zero-order valence-corrected chi connectivity index (χ0v) is 18.2. The number of hydrogen-bond acceptors (Lipinski definition) is 3. The Balaban J connectivity index is 1.80. The molecule has 3 N–H and O–H groups in total. The summed E-state index contributed by atoms with van der Waals surface area (Å²) in [5.74, 6) is -0.0379. The fraction of sp³-hybridized carbons (Fsp3) is 0.269. The summed E-state index contributed by atoms with van der Waals surface area (Å²) in [7, 11) is 0. The molecule has 5 aromatic rings. The first-order valence-electron chi connectivity index (χ1n) is 11.1. The van der Waals surface area contributed by atoms with E-state index in [4.69, 9.17) is 4.74 Å². The molecule has 3 aromatic carbocycles. The molecule has 0 unspecified atom stereocenters. The van der Waals surface area contributed by atoms with Crippen LogP contribution in [0.15, 0.2) is 42.5 Å². The van der Waals surface area contributed by atoms with E-state index in [0.29, 0.717) is 19.7 Å². The van der Waals surface area contributed by atoms with Crippen LogP contribution in [-0.4, -0.2) is 33.3 Å². The summed E-state index contributed by atoms with van der Waals surface area (Å²) in [5.41, 5.74) is 6.90. The second-order valence-corrected chi connectivity index (χ2v) is 8.77. The number of ether oxygens (including phenoxy) is 1. The highest BCUT2D eigenvalue weighted by atomic mass is 16.5. The standard InChI is InChI=1S/C26H25N3O3/c1-14(2)32-13-15-7-8-20-17(11-15)22-23-18(12-27-26(23)31)21-16-5-3-4-6-19(16)28-24(21)25(22)29(20)9-10-30/h3-8,11,14,28,30H,9-10,12-13H2,1-2H3,(H,27,31). The van der Waals surface area contributed by atoms with Crippen molar-refractivity contribution in [2.45, 2.75) is 39.6 Å². The van der Waals surface area contributed by atoms with Gasteiger partial charge in [-0.05, 0) is 43.2 Å². The highest BCUT2D eigenvalue weighted by Crippen LogP contribution is 2.43. The van der Waals surface area contributed by atoms with Crippen LogP contribution in [0.5, 0.6) is 0 Å². The third kappa shape index (κ3) is 2.63. The molecule has 0 saturated heterocycles. The largest absolute Gasteiger partial charge is 0.395 e. The van der Waals surface area contributed by atoms with Gasteiger partial charge in [0, 0.05) is 45.7 Å². The number of aromatic nitrogens is 2. The second kappa shape index (κ2) is 7.08. The van der Waals surface area contributed by atoms with Gasteiger partial charge in [0.1, 0.15) is 0 Å². The molecular formula is C26H25N3O3. The Morgan fingerprint density at radius 1 is 1.12 bits per heavy atom. The molecule has 0 aliphatic carbocycles. The first kappa shape index (κ1) is 19.3. The lowest BCUT2D eigenvalue weighted by molar-refractivity contribution is 0.0658. The molecular weight excluding hydrogens is 402 g/mol. The molecule has 1 amide bonds. The number of fused-ring (bicyclic) bond motifs is 10. The van der Waals surface area contributed by atoms with Gasteiger partial charge in [0.25, 0.3) is 5.91 Å². The molecule has 0 radical (unpaired) electrons. The zero-order valence-electron chi connectivity index (χ0n) is 18.2. The van der Waals surface area contributed by atoms with Gasteiger partial charge in [0.15, 0.2) is 0 Å². The zero-order chi connectivity index (χ0) is 22.0. The van der Waals surface area contributed by atoms with Gasteiger partial charge in [-0.15, -0.1) is 0 Å². The summed E-state index contributed by atoms with van der Waals surface area (Å²) in [6.07, 6.45) is 0.141. The number of carbonyl (C=O) groups excluding carboxylic acids is 1. The Kier molecular flexibility index (Phi) is 4.28. The first-order valence-corrected chi connectivity index (χ1v) is 11.1. The molecule has 6 heteroatoms. The number of carbonyl (C=O) groups is 1. The van der Waals surface area contributed by atoms with E-state index in [1.807, 2.05) is 26.0 Å². The molecule has 0 spiro atoms. The predicted molar refractivity (Wildman–Crippen MR) is 127 cm³/mol. The number of benzene rings is 3. The van der Waals surface area contributed by atoms with Crippen molar-refractivity contribution in [1.82, 2.24) is 14.9 Å². The summed E-state index contributed by atoms with van der Waals surface area (Å²) in [6, 6.07) is 14.5. The average Bonchev–Trinajstić information content (AvgIpc) is 3.44. The van der Waals surface area contributed by atoms with Crippen molar-refractivity contribution in [1.29, 1.82) is 0 Å². The van der Waals surface area contributed by atoms with Gasteiger partial charge in [-0.2, -0.15) is 0 Å². The summed E-state index contributed by atoms with van der Waals surface area (Å²) in [6.45, 7) is 5.55. The van der Waals surface area contributed by atoms with Crippen molar-refractivity contribution in [2.75, 3.05) is 6.61 Å². The van der Waals surface area contributed by atoms with Crippen LogP contribution in [-0.2, 0) is 24.4 Å². The Hall–Kier alpha value is -3.35. The lowest BCUT2D eigenvalue weighted by atomic mass is 9.96. The number of para-hydroxylation sites is 1.